The summed E-state index contributed by atoms with van der Waals surface area (Å²) in [6.45, 7) is 5.65. The minimum atomic E-state index is 0.592. The molecule has 1 aliphatic heterocycles. The van der Waals surface area contributed by atoms with Crippen LogP contribution in [-0.4, -0.2) is 25.7 Å². The van der Waals surface area contributed by atoms with Crippen molar-refractivity contribution in [2.24, 2.45) is 0 Å². The van der Waals surface area contributed by atoms with Gasteiger partial charge in [-0.2, -0.15) is 0 Å². The fraction of sp³-hybridized carbons (Fsp3) is 0.538. The monoisotopic (exact) mass is 238 g/mol. The molecule has 16 heavy (non-hydrogen) atoms. The highest BCUT2D eigenvalue weighted by molar-refractivity contribution is 6.30. The van der Waals surface area contributed by atoms with Gasteiger partial charge in [0, 0.05) is 23.3 Å². The first-order valence-electron chi connectivity index (χ1n) is 6.00. The lowest BCUT2D eigenvalue weighted by Crippen LogP contribution is -2.40. The Morgan fingerprint density at radius 1 is 1.25 bits per heavy atom. The summed E-state index contributed by atoms with van der Waals surface area (Å²) in [4.78, 5) is 2.48. The Morgan fingerprint density at radius 2 is 2.00 bits per heavy atom. The largest absolute Gasteiger partial charge is 0.369 e. The molecule has 1 aromatic rings. The number of rotatable bonds is 1. The number of hydrogen-bond donors (Lipinski definition) is 1. The molecule has 1 unspecified atom stereocenters. The van der Waals surface area contributed by atoms with Crippen LogP contribution in [0.5, 0.6) is 0 Å². The third kappa shape index (κ3) is 2.89. The van der Waals surface area contributed by atoms with Gasteiger partial charge in [-0.05, 0) is 57.1 Å². The van der Waals surface area contributed by atoms with Gasteiger partial charge < -0.3 is 10.2 Å². The standard InChI is InChI=1S/C13H19ClN2/c1-11-7-9-15-8-2-10-16(11)13-5-3-12(14)4-6-13/h3-6,11,15H,2,7-10H2,1H3. The van der Waals surface area contributed by atoms with E-state index in [1.54, 1.807) is 0 Å². The van der Waals surface area contributed by atoms with E-state index in [-0.39, 0.29) is 0 Å². The summed E-state index contributed by atoms with van der Waals surface area (Å²) in [7, 11) is 0. The van der Waals surface area contributed by atoms with Crippen molar-refractivity contribution in [1.82, 2.24) is 5.32 Å². The first-order valence-corrected chi connectivity index (χ1v) is 6.38. The quantitative estimate of drug-likeness (QED) is 0.810. The van der Waals surface area contributed by atoms with Gasteiger partial charge in [-0.1, -0.05) is 11.6 Å². The highest BCUT2D eigenvalue weighted by atomic mass is 35.5. The number of anilines is 1. The smallest absolute Gasteiger partial charge is 0.0407 e. The van der Waals surface area contributed by atoms with Crippen LogP contribution in [0.15, 0.2) is 24.3 Å². The van der Waals surface area contributed by atoms with Crippen molar-refractivity contribution in [3.8, 4) is 0 Å². The third-order valence-corrected chi connectivity index (χ3v) is 3.43. The topological polar surface area (TPSA) is 15.3 Å². The molecule has 1 N–H and O–H groups in total. The Labute approximate surface area is 103 Å². The number of nitrogens with one attached hydrogen (secondary N) is 1. The fourth-order valence-corrected chi connectivity index (χ4v) is 2.33. The zero-order valence-electron chi connectivity index (χ0n) is 9.75. The van der Waals surface area contributed by atoms with Crippen molar-refractivity contribution in [3.63, 3.8) is 0 Å². The molecule has 0 aliphatic carbocycles. The summed E-state index contributed by atoms with van der Waals surface area (Å²) in [5.41, 5.74) is 1.29. The molecule has 0 aromatic heterocycles. The van der Waals surface area contributed by atoms with Gasteiger partial charge in [0.2, 0.25) is 0 Å². The van der Waals surface area contributed by atoms with Gasteiger partial charge >= 0.3 is 0 Å². The minimum absolute atomic E-state index is 0.592. The highest BCUT2D eigenvalue weighted by Gasteiger charge is 2.15. The first-order chi connectivity index (χ1) is 7.77. The molecule has 0 spiro atoms. The second-order valence-electron chi connectivity index (χ2n) is 4.41. The van der Waals surface area contributed by atoms with Crippen LogP contribution in [0.2, 0.25) is 5.02 Å². The lowest BCUT2D eigenvalue weighted by Gasteiger charge is -2.33. The van der Waals surface area contributed by atoms with Gasteiger partial charge in [0.1, 0.15) is 0 Å². The third-order valence-electron chi connectivity index (χ3n) is 3.18. The molecule has 1 aromatic carbocycles. The molecular formula is C13H19ClN2. The molecule has 1 heterocycles. The molecule has 2 rings (SSSR count). The summed E-state index contributed by atoms with van der Waals surface area (Å²) in [6, 6.07) is 8.78. The van der Waals surface area contributed by atoms with Crippen LogP contribution < -0.4 is 10.2 Å². The molecule has 0 saturated carbocycles. The van der Waals surface area contributed by atoms with Crippen molar-refractivity contribution in [3.05, 3.63) is 29.3 Å². The predicted octanol–water partition coefficient (Wildman–Crippen LogP) is 2.92. The summed E-state index contributed by atoms with van der Waals surface area (Å²) in [5.74, 6) is 0. The molecule has 1 aliphatic rings. The normalized spacial score (nSPS) is 22.6. The van der Waals surface area contributed by atoms with Gasteiger partial charge in [0.15, 0.2) is 0 Å². The number of benzene rings is 1. The average Bonchev–Trinajstić information content (AvgIpc) is 2.26. The van der Waals surface area contributed by atoms with Gasteiger partial charge in [-0.3, -0.25) is 0 Å². The van der Waals surface area contributed by atoms with E-state index in [1.165, 1.54) is 18.5 Å². The molecule has 1 fully saturated rings. The van der Waals surface area contributed by atoms with E-state index >= 15 is 0 Å². The number of nitrogens with zero attached hydrogens (tertiary/aromatic N) is 1. The van der Waals surface area contributed by atoms with Crippen LogP contribution >= 0.6 is 11.6 Å². The number of hydrogen-bond acceptors (Lipinski definition) is 2. The predicted molar refractivity (Wildman–Crippen MR) is 70.4 cm³/mol. The average molecular weight is 239 g/mol. The second-order valence-corrected chi connectivity index (χ2v) is 4.85. The van der Waals surface area contributed by atoms with Crippen LogP contribution in [0.25, 0.3) is 0 Å². The number of halogens is 1. The molecule has 2 nitrogen and oxygen atoms in total. The van der Waals surface area contributed by atoms with Gasteiger partial charge in [0.05, 0.1) is 0 Å². The van der Waals surface area contributed by atoms with Crippen LogP contribution in [0.3, 0.4) is 0 Å². The van der Waals surface area contributed by atoms with Crippen LogP contribution in [0, 0.1) is 0 Å². The van der Waals surface area contributed by atoms with E-state index in [9.17, 15) is 0 Å². The summed E-state index contributed by atoms with van der Waals surface area (Å²) < 4.78 is 0. The Balaban J connectivity index is 2.12. The molecule has 88 valence electrons. The maximum Gasteiger partial charge on any atom is 0.0407 e. The second kappa shape index (κ2) is 5.55. The fourth-order valence-electron chi connectivity index (χ4n) is 2.20. The Bertz CT molecular complexity index is 323. The van der Waals surface area contributed by atoms with Crippen LogP contribution in [0.4, 0.5) is 5.69 Å². The summed E-state index contributed by atoms with van der Waals surface area (Å²) >= 11 is 5.92. The molecular weight excluding hydrogens is 220 g/mol. The molecule has 3 heteroatoms. The highest BCUT2D eigenvalue weighted by Crippen LogP contribution is 2.21. The Kier molecular flexibility index (Phi) is 4.08. The van der Waals surface area contributed by atoms with Gasteiger partial charge in [-0.15, -0.1) is 0 Å². The van der Waals surface area contributed by atoms with E-state index in [0.717, 1.165) is 24.7 Å². The van der Waals surface area contributed by atoms with E-state index in [2.05, 4.69) is 29.3 Å². The lowest BCUT2D eigenvalue weighted by molar-refractivity contribution is 0.499. The molecule has 1 atom stereocenters. The molecule has 1 saturated heterocycles. The summed E-state index contributed by atoms with van der Waals surface area (Å²) in [6.07, 6.45) is 2.40. The van der Waals surface area contributed by atoms with Crippen molar-refractivity contribution in [2.75, 3.05) is 24.5 Å². The van der Waals surface area contributed by atoms with Gasteiger partial charge in [-0.25, -0.2) is 0 Å². The van der Waals surface area contributed by atoms with E-state index in [0.29, 0.717) is 6.04 Å². The molecule has 0 radical (unpaired) electrons. The SMILES string of the molecule is CC1CCNCCCN1c1ccc(Cl)cc1. The molecule has 0 amide bonds. The van der Waals surface area contributed by atoms with Crippen LogP contribution in [-0.2, 0) is 0 Å². The van der Waals surface area contributed by atoms with E-state index in [4.69, 9.17) is 11.6 Å². The Morgan fingerprint density at radius 3 is 2.75 bits per heavy atom. The van der Waals surface area contributed by atoms with Crippen molar-refractivity contribution >= 4 is 17.3 Å². The van der Waals surface area contributed by atoms with Crippen molar-refractivity contribution in [1.29, 1.82) is 0 Å². The maximum absolute atomic E-state index is 5.92. The Hall–Kier alpha value is -0.730. The van der Waals surface area contributed by atoms with E-state index < -0.39 is 0 Å². The van der Waals surface area contributed by atoms with E-state index in [1.807, 2.05) is 12.1 Å². The maximum atomic E-state index is 5.92. The van der Waals surface area contributed by atoms with Crippen molar-refractivity contribution < 1.29 is 0 Å². The van der Waals surface area contributed by atoms with Crippen LogP contribution in [0.1, 0.15) is 19.8 Å². The zero-order chi connectivity index (χ0) is 11.4. The van der Waals surface area contributed by atoms with Crippen molar-refractivity contribution in [2.45, 2.75) is 25.8 Å². The van der Waals surface area contributed by atoms with Gasteiger partial charge in [0.25, 0.3) is 0 Å². The first kappa shape index (κ1) is 11.7. The minimum Gasteiger partial charge on any atom is -0.369 e. The zero-order valence-corrected chi connectivity index (χ0v) is 10.5. The molecule has 0 bridgehead atoms. The lowest BCUT2D eigenvalue weighted by atomic mass is 10.1. The summed E-state index contributed by atoms with van der Waals surface area (Å²) in [5, 5.41) is 4.26.